The molecule has 0 spiro atoms. The van der Waals surface area contributed by atoms with Crippen molar-refractivity contribution >= 4 is 16.9 Å². The van der Waals surface area contributed by atoms with Crippen molar-refractivity contribution < 1.29 is 23.1 Å². The van der Waals surface area contributed by atoms with E-state index < -0.39 is 35.1 Å². The smallest absolute Gasteiger partial charge is 0.431 e. The summed E-state index contributed by atoms with van der Waals surface area (Å²) in [6.07, 6.45) is -3.46. The number of alkyl halides is 3. The number of nitrogens with zero attached hydrogens (tertiary/aromatic N) is 3. The summed E-state index contributed by atoms with van der Waals surface area (Å²) in [4.78, 5) is 36.8. The SMILES string of the molecule is CC(C(=O)O)n1ncc2ccc(-n3c(=O)cc(C(F)(F)F)[nH]c3=O)cc21. The van der Waals surface area contributed by atoms with E-state index in [0.717, 1.165) is 0 Å². The summed E-state index contributed by atoms with van der Waals surface area (Å²) >= 11 is 0. The van der Waals surface area contributed by atoms with Crippen LogP contribution in [0.15, 0.2) is 40.1 Å². The van der Waals surface area contributed by atoms with Crippen LogP contribution in [0.2, 0.25) is 0 Å². The monoisotopic (exact) mass is 368 g/mol. The van der Waals surface area contributed by atoms with E-state index in [4.69, 9.17) is 5.11 Å². The van der Waals surface area contributed by atoms with Gasteiger partial charge in [0.15, 0.2) is 0 Å². The lowest BCUT2D eigenvalue weighted by molar-refractivity contribution is -0.142. The van der Waals surface area contributed by atoms with Crippen molar-refractivity contribution in [2.45, 2.75) is 19.1 Å². The van der Waals surface area contributed by atoms with Crippen molar-refractivity contribution in [3.05, 3.63) is 57.0 Å². The van der Waals surface area contributed by atoms with Crippen LogP contribution >= 0.6 is 0 Å². The van der Waals surface area contributed by atoms with Crippen molar-refractivity contribution in [1.29, 1.82) is 0 Å². The molecule has 1 atom stereocenters. The number of carbonyl (C=O) groups is 1. The predicted molar refractivity (Wildman–Crippen MR) is 83.3 cm³/mol. The number of fused-ring (bicyclic) bond motifs is 1. The van der Waals surface area contributed by atoms with Crippen molar-refractivity contribution in [3.63, 3.8) is 0 Å². The zero-order chi connectivity index (χ0) is 19.2. The number of nitrogens with one attached hydrogen (secondary N) is 1. The number of aliphatic carboxylic acids is 1. The van der Waals surface area contributed by atoms with E-state index in [1.165, 1.54) is 36.0 Å². The second-order valence-electron chi connectivity index (χ2n) is 5.51. The zero-order valence-corrected chi connectivity index (χ0v) is 13.1. The summed E-state index contributed by atoms with van der Waals surface area (Å²) in [6, 6.07) is 3.40. The molecular formula is C15H11F3N4O4. The van der Waals surface area contributed by atoms with E-state index in [-0.39, 0.29) is 11.8 Å². The summed E-state index contributed by atoms with van der Waals surface area (Å²) in [7, 11) is 0. The summed E-state index contributed by atoms with van der Waals surface area (Å²) in [5.74, 6) is -1.15. The maximum Gasteiger partial charge on any atom is 0.431 e. The third-order valence-corrected chi connectivity index (χ3v) is 3.80. The fraction of sp³-hybridized carbons (Fsp3) is 0.200. The van der Waals surface area contributed by atoms with Gasteiger partial charge in [-0.2, -0.15) is 18.3 Å². The van der Waals surface area contributed by atoms with Crippen LogP contribution < -0.4 is 11.2 Å². The third-order valence-electron chi connectivity index (χ3n) is 3.80. The van der Waals surface area contributed by atoms with Crippen molar-refractivity contribution in [1.82, 2.24) is 19.3 Å². The number of benzene rings is 1. The van der Waals surface area contributed by atoms with E-state index in [1.807, 2.05) is 0 Å². The maximum atomic E-state index is 12.7. The van der Waals surface area contributed by atoms with Gasteiger partial charge in [0, 0.05) is 11.5 Å². The van der Waals surface area contributed by atoms with Gasteiger partial charge in [-0.25, -0.2) is 14.2 Å². The number of hydrogen-bond acceptors (Lipinski definition) is 4. The van der Waals surface area contributed by atoms with Crippen LogP contribution in [0.1, 0.15) is 18.7 Å². The van der Waals surface area contributed by atoms with Crippen molar-refractivity contribution in [2.75, 3.05) is 0 Å². The minimum absolute atomic E-state index is 0.0168. The number of H-pyrrole nitrogens is 1. The first kappa shape index (κ1) is 17.5. The van der Waals surface area contributed by atoms with Crippen LogP contribution in [-0.4, -0.2) is 30.4 Å². The Balaban J connectivity index is 2.21. The molecule has 3 rings (SSSR count). The van der Waals surface area contributed by atoms with Gasteiger partial charge in [-0.15, -0.1) is 0 Å². The molecule has 0 saturated heterocycles. The molecule has 2 heterocycles. The first-order valence-corrected chi connectivity index (χ1v) is 7.23. The van der Waals surface area contributed by atoms with Crippen LogP contribution in [0.4, 0.5) is 13.2 Å². The number of carboxylic acid groups (broad SMARTS) is 1. The number of carboxylic acids is 1. The molecule has 0 fully saturated rings. The van der Waals surface area contributed by atoms with Crippen LogP contribution in [0.3, 0.4) is 0 Å². The van der Waals surface area contributed by atoms with Crippen LogP contribution in [0.25, 0.3) is 16.6 Å². The van der Waals surface area contributed by atoms with Gasteiger partial charge in [0.05, 0.1) is 17.4 Å². The average molecular weight is 368 g/mol. The Morgan fingerprint density at radius 2 is 1.96 bits per heavy atom. The van der Waals surface area contributed by atoms with E-state index >= 15 is 0 Å². The highest BCUT2D eigenvalue weighted by molar-refractivity contribution is 5.83. The Hall–Kier alpha value is -3.37. The van der Waals surface area contributed by atoms with Gasteiger partial charge < -0.3 is 10.1 Å². The number of rotatable bonds is 3. The first-order valence-electron chi connectivity index (χ1n) is 7.23. The maximum absolute atomic E-state index is 12.7. The highest BCUT2D eigenvalue weighted by Crippen LogP contribution is 2.26. The molecule has 0 bridgehead atoms. The Kier molecular flexibility index (Phi) is 3.93. The summed E-state index contributed by atoms with van der Waals surface area (Å²) in [6.45, 7) is 1.39. The lowest BCUT2D eigenvalue weighted by atomic mass is 10.2. The molecular weight excluding hydrogens is 357 g/mol. The molecule has 11 heteroatoms. The van der Waals surface area contributed by atoms with Crippen LogP contribution in [0, 0.1) is 0 Å². The molecule has 0 aliphatic carbocycles. The zero-order valence-electron chi connectivity index (χ0n) is 13.1. The molecule has 1 aromatic carbocycles. The molecule has 1 unspecified atom stereocenters. The molecule has 8 nitrogen and oxygen atoms in total. The second kappa shape index (κ2) is 5.86. The van der Waals surface area contributed by atoms with E-state index in [9.17, 15) is 27.6 Å². The molecule has 136 valence electrons. The topological polar surface area (TPSA) is 110 Å². The molecule has 0 aliphatic heterocycles. The molecule has 0 saturated carbocycles. The van der Waals surface area contributed by atoms with Gasteiger partial charge in [0.25, 0.3) is 5.56 Å². The minimum atomic E-state index is -4.86. The van der Waals surface area contributed by atoms with Gasteiger partial charge in [-0.3, -0.25) is 9.48 Å². The predicted octanol–water partition coefficient (Wildman–Crippen LogP) is 1.54. The summed E-state index contributed by atoms with van der Waals surface area (Å²) in [5, 5.41) is 13.6. The fourth-order valence-electron chi connectivity index (χ4n) is 2.47. The van der Waals surface area contributed by atoms with E-state index in [1.54, 1.807) is 4.98 Å². The molecule has 2 aromatic heterocycles. The molecule has 3 aromatic rings. The van der Waals surface area contributed by atoms with Gasteiger partial charge in [-0.05, 0) is 25.1 Å². The minimum Gasteiger partial charge on any atom is -0.480 e. The second-order valence-corrected chi connectivity index (χ2v) is 5.51. The lowest BCUT2D eigenvalue weighted by Crippen LogP contribution is -2.35. The summed E-state index contributed by atoms with van der Waals surface area (Å²) in [5.41, 5.74) is -3.59. The molecule has 2 N–H and O–H groups in total. The largest absolute Gasteiger partial charge is 0.480 e. The van der Waals surface area contributed by atoms with E-state index in [0.29, 0.717) is 15.5 Å². The lowest BCUT2D eigenvalue weighted by Gasteiger charge is -2.11. The molecule has 26 heavy (non-hydrogen) atoms. The Morgan fingerprint density at radius 3 is 2.54 bits per heavy atom. The van der Waals surface area contributed by atoms with Crippen molar-refractivity contribution in [3.8, 4) is 5.69 Å². The fourth-order valence-corrected chi connectivity index (χ4v) is 2.47. The van der Waals surface area contributed by atoms with Gasteiger partial charge in [-0.1, -0.05) is 0 Å². The Bertz CT molecular complexity index is 1100. The summed E-state index contributed by atoms with van der Waals surface area (Å²) < 4.78 is 39.7. The quantitative estimate of drug-likeness (QED) is 0.729. The number of aromatic amines is 1. The van der Waals surface area contributed by atoms with Gasteiger partial charge in [0.2, 0.25) is 0 Å². The molecule has 0 amide bonds. The van der Waals surface area contributed by atoms with E-state index in [2.05, 4.69) is 5.10 Å². The number of hydrogen-bond donors (Lipinski definition) is 2. The number of aromatic nitrogens is 4. The standard InChI is InChI=1S/C15H11F3N4O4/c1-7(13(24)25)22-10-4-9(3-2-8(10)6-19-22)21-12(23)5-11(15(16,17)18)20-14(21)26/h2-7H,1H3,(H,20,26)(H,24,25). The molecule has 0 aliphatic rings. The Morgan fingerprint density at radius 1 is 1.27 bits per heavy atom. The highest BCUT2D eigenvalue weighted by Gasteiger charge is 2.33. The first-order chi connectivity index (χ1) is 12.1. The van der Waals surface area contributed by atoms with Crippen LogP contribution in [0.5, 0.6) is 0 Å². The average Bonchev–Trinajstić information content (AvgIpc) is 2.95. The van der Waals surface area contributed by atoms with Gasteiger partial charge >= 0.3 is 17.8 Å². The highest BCUT2D eigenvalue weighted by atomic mass is 19.4. The molecule has 0 radical (unpaired) electrons. The van der Waals surface area contributed by atoms with Crippen LogP contribution in [-0.2, 0) is 11.0 Å². The number of halogens is 3. The third kappa shape index (κ3) is 2.87. The normalized spacial score (nSPS) is 13.1. The Labute approximate surface area is 142 Å². The van der Waals surface area contributed by atoms with Gasteiger partial charge in [0.1, 0.15) is 11.7 Å². The van der Waals surface area contributed by atoms with Crippen molar-refractivity contribution in [2.24, 2.45) is 0 Å².